The molecule has 178 valence electrons. The fourth-order valence-electron chi connectivity index (χ4n) is 3.86. The highest BCUT2D eigenvalue weighted by molar-refractivity contribution is 7.98. The Labute approximate surface area is 191 Å². The van der Waals surface area contributed by atoms with Crippen LogP contribution in [0.4, 0.5) is 28.9 Å². The quantitative estimate of drug-likeness (QED) is 0.510. The molecule has 3 heterocycles. The molecular formula is C21H21F4N3O4S. The van der Waals surface area contributed by atoms with Gasteiger partial charge in [-0.25, -0.2) is 18.2 Å². The fraction of sp³-hybridized carbons (Fsp3) is 0.429. The first kappa shape index (κ1) is 23.6. The first-order chi connectivity index (χ1) is 15.7. The molecule has 0 bridgehead atoms. The highest BCUT2D eigenvalue weighted by Crippen LogP contribution is 2.43. The van der Waals surface area contributed by atoms with Gasteiger partial charge in [0.25, 0.3) is 5.92 Å². The Morgan fingerprint density at radius 3 is 2.67 bits per heavy atom. The minimum atomic E-state index is -3.17. The number of carbonyl (C=O) groups excluding carboxylic acids is 1. The number of halogens is 4. The van der Waals surface area contributed by atoms with Gasteiger partial charge >= 0.3 is 0 Å². The summed E-state index contributed by atoms with van der Waals surface area (Å²) in [5, 5.41) is 3.44. The van der Waals surface area contributed by atoms with Crippen molar-refractivity contribution in [3.8, 4) is 5.75 Å². The van der Waals surface area contributed by atoms with Crippen LogP contribution >= 0.6 is 11.8 Å². The number of anilines is 2. The molecular weight excluding hydrogens is 466 g/mol. The van der Waals surface area contributed by atoms with Crippen molar-refractivity contribution in [2.24, 2.45) is 0 Å². The summed E-state index contributed by atoms with van der Waals surface area (Å²) in [5.74, 6) is -7.98. The van der Waals surface area contributed by atoms with E-state index in [1.807, 2.05) is 6.26 Å². The van der Waals surface area contributed by atoms with Gasteiger partial charge in [-0.2, -0.15) is 4.39 Å². The van der Waals surface area contributed by atoms with E-state index in [9.17, 15) is 22.4 Å². The Bertz CT molecular complexity index is 1050. The van der Waals surface area contributed by atoms with Gasteiger partial charge in [0.2, 0.25) is 11.7 Å². The molecule has 0 aliphatic carbocycles. The van der Waals surface area contributed by atoms with Crippen LogP contribution in [0.5, 0.6) is 5.75 Å². The highest BCUT2D eigenvalue weighted by atomic mass is 32.2. The molecule has 2 fully saturated rings. The van der Waals surface area contributed by atoms with E-state index in [1.54, 1.807) is 12.1 Å². The van der Waals surface area contributed by atoms with Gasteiger partial charge in [-0.05, 0) is 30.5 Å². The van der Waals surface area contributed by atoms with Crippen LogP contribution in [0.2, 0.25) is 0 Å². The van der Waals surface area contributed by atoms with Crippen molar-refractivity contribution in [3.05, 3.63) is 42.1 Å². The van der Waals surface area contributed by atoms with Crippen molar-refractivity contribution >= 4 is 29.0 Å². The van der Waals surface area contributed by atoms with Crippen LogP contribution in [0.25, 0.3) is 0 Å². The van der Waals surface area contributed by atoms with Crippen LogP contribution in [-0.2, 0) is 14.3 Å². The molecule has 0 radical (unpaired) electrons. The SMILES string of the molecule is COc1c(N2CC3(CC2C(=O)Nc2ccnc(SC)c2)OCC(F)(F)CO3)ccc(F)c1F. The normalized spacial score (nSPS) is 21.3. The van der Waals surface area contributed by atoms with E-state index in [1.165, 1.54) is 28.9 Å². The van der Waals surface area contributed by atoms with Crippen molar-refractivity contribution in [2.45, 2.75) is 29.2 Å². The molecule has 1 N–H and O–H groups in total. The molecule has 2 aliphatic rings. The molecule has 1 aromatic heterocycles. The highest BCUT2D eigenvalue weighted by Gasteiger charge is 2.54. The van der Waals surface area contributed by atoms with Crippen LogP contribution in [-0.4, -0.2) is 61.8 Å². The molecule has 1 spiro atoms. The average Bonchev–Trinajstić information content (AvgIpc) is 3.17. The van der Waals surface area contributed by atoms with E-state index in [0.717, 1.165) is 13.2 Å². The van der Waals surface area contributed by atoms with Crippen molar-refractivity contribution in [1.29, 1.82) is 0 Å². The second-order valence-corrected chi connectivity index (χ2v) is 8.51. The third kappa shape index (κ3) is 4.73. The number of thioether (sulfide) groups is 1. The summed E-state index contributed by atoms with van der Waals surface area (Å²) in [7, 11) is 1.16. The number of hydrogen-bond donors (Lipinski definition) is 1. The molecule has 33 heavy (non-hydrogen) atoms. The Kier molecular flexibility index (Phi) is 6.43. The minimum Gasteiger partial charge on any atom is -0.491 e. The summed E-state index contributed by atoms with van der Waals surface area (Å²) in [5.41, 5.74) is 0.534. The van der Waals surface area contributed by atoms with Crippen molar-refractivity contribution in [3.63, 3.8) is 0 Å². The molecule has 12 heteroatoms. The number of alkyl halides is 2. The number of pyridine rings is 1. The first-order valence-corrected chi connectivity index (χ1v) is 11.1. The molecule has 1 unspecified atom stereocenters. The topological polar surface area (TPSA) is 72.9 Å². The Balaban J connectivity index is 1.67. The lowest BCUT2D eigenvalue weighted by Crippen LogP contribution is -2.51. The number of hydrogen-bond acceptors (Lipinski definition) is 7. The second-order valence-electron chi connectivity index (χ2n) is 7.68. The predicted octanol–water partition coefficient (Wildman–Crippen LogP) is 3.69. The molecule has 2 aromatic rings. The summed E-state index contributed by atoms with van der Waals surface area (Å²) in [6, 6.07) is 4.41. The van der Waals surface area contributed by atoms with Crippen molar-refractivity contribution in [1.82, 2.24) is 4.98 Å². The minimum absolute atomic E-state index is 0.0671. The largest absolute Gasteiger partial charge is 0.491 e. The van der Waals surface area contributed by atoms with Gasteiger partial charge in [-0.3, -0.25) is 4.79 Å². The van der Waals surface area contributed by atoms with Gasteiger partial charge in [-0.15, -0.1) is 11.8 Å². The molecule has 7 nitrogen and oxygen atoms in total. The smallest absolute Gasteiger partial charge is 0.293 e. The molecule has 1 amide bonds. The van der Waals surface area contributed by atoms with Gasteiger partial charge in [-0.1, -0.05) is 0 Å². The van der Waals surface area contributed by atoms with Crippen LogP contribution in [0, 0.1) is 11.6 Å². The summed E-state index contributed by atoms with van der Waals surface area (Å²) < 4.78 is 71.3. The number of rotatable bonds is 5. The lowest BCUT2D eigenvalue weighted by Gasteiger charge is -2.37. The Hall–Kier alpha value is -2.57. The van der Waals surface area contributed by atoms with E-state index >= 15 is 0 Å². The van der Waals surface area contributed by atoms with Crippen molar-refractivity contribution < 1.29 is 36.6 Å². The molecule has 4 rings (SSSR count). The van der Waals surface area contributed by atoms with Crippen LogP contribution < -0.4 is 15.0 Å². The summed E-state index contributed by atoms with van der Waals surface area (Å²) in [4.78, 5) is 18.8. The lowest BCUT2D eigenvalue weighted by molar-refractivity contribution is -0.319. The standard InChI is InChI=1S/C21H21F4N3O4S/c1-30-18-14(4-3-13(22)17(18)23)28-9-21(31-10-20(24,25)11-32-21)8-15(28)19(29)27-12-5-6-26-16(7-12)33-2/h3-7,15H,8-11H2,1-2H3,(H,26,27,29). The average molecular weight is 487 g/mol. The van der Waals surface area contributed by atoms with Gasteiger partial charge in [0.1, 0.15) is 19.3 Å². The lowest BCUT2D eigenvalue weighted by atomic mass is 10.1. The van der Waals surface area contributed by atoms with E-state index in [4.69, 9.17) is 14.2 Å². The Morgan fingerprint density at radius 1 is 1.27 bits per heavy atom. The number of nitrogens with one attached hydrogen (secondary N) is 1. The maximum Gasteiger partial charge on any atom is 0.293 e. The van der Waals surface area contributed by atoms with Gasteiger partial charge < -0.3 is 24.4 Å². The third-order valence-corrected chi connectivity index (χ3v) is 6.08. The predicted molar refractivity (Wildman–Crippen MR) is 113 cm³/mol. The number of ether oxygens (including phenoxy) is 3. The van der Waals surface area contributed by atoms with Gasteiger partial charge in [0.15, 0.2) is 17.4 Å². The summed E-state index contributed by atoms with van der Waals surface area (Å²) >= 11 is 1.39. The monoisotopic (exact) mass is 487 g/mol. The molecule has 0 saturated carbocycles. The number of carbonyl (C=O) groups is 1. The summed E-state index contributed by atoms with van der Waals surface area (Å²) in [6.07, 6.45) is 3.25. The van der Waals surface area contributed by atoms with Gasteiger partial charge in [0.05, 0.1) is 24.4 Å². The first-order valence-electron chi connectivity index (χ1n) is 9.92. The van der Waals surface area contributed by atoms with Crippen LogP contribution in [0.1, 0.15) is 6.42 Å². The zero-order valence-corrected chi connectivity index (χ0v) is 18.6. The molecule has 2 aliphatic heterocycles. The molecule has 1 atom stereocenters. The van der Waals surface area contributed by atoms with E-state index in [2.05, 4.69) is 10.3 Å². The van der Waals surface area contributed by atoms with Gasteiger partial charge in [0, 0.05) is 18.3 Å². The Morgan fingerprint density at radius 2 is 2.00 bits per heavy atom. The van der Waals surface area contributed by atoms with E-state index < -0.39 is 54.3 Å². The zero-order valence-electron chi connectivity index (χ0n) is 17.7. The fourth-order valence-corrected chi connectivity index (χ4v) is 4.27. The number of aromatic nitrogens is 1. The number of methoxy groups -OCH3 is 1. The van der Waals surface area contributed by atoms with Crippen LogP contribution in [0.15, 0.2) is 35.5 Å². The summed E-state index contributed by atoms with van der Waals surface area (Å²) in [6.45, 7) is -1.94. The van der Waals surface area contributed by atoms with E-state index in [-0.39, 0.29) is 18.7 Å². The van der Waals surface area contributed by atoms with Crippen molar-refractivity contribution in [2.75, 3.05) is 43.3 Å². The maximum atomic E-state index is 14.4. The number of nitrogens with zero attached hydrogens (tertiary/aromatic N) is 2. The number of amides is 1. The van der Waals surface area contributed by atoms with E-state index in [0.29, 0.717) is 10.7 Å². The number of benzene rings is 1. The zero-order chi connectivity index (χ0) is 23.8. The second kappa shape index (κ2) is 8.99. The third-order valence-electron chi connectivity index (χ3n) is 5.44. The molecule has 1 aromatic carbocycles. The maximum absolute atomic E-state index is 14.4. The van der Waals surface area contributed by atoms with Crippen LogP contribution in [0.3, 0.4) is 0 Å². The molecule has 2 saturated heterocycles.